The van der Waals surface area contributed by atoms with Crippen molar-refractivity contribution in [3.05, 3.63) is 18.2 Å². The predicted molar refractivity (Wildman–Crippen MR) is 89.0 cm³/mol. The standard InChI is InChI=1S/C16H24FN5O3/c1-25-5-4-20-8-12(15(23)24)9-21-2-3-22(11-14(21)10-20)16-18-6-13(17)7-19-16/h6-7,12,14H,2-5,8-11H2,1H3,(H,23,24)/t12-,14-/m1/s1. The fourth-order valence-electron chi connectivity index (χ4n) is 3.54. The molecule has 1 N–H and O–H groups in total. The fraction of sp³-hybridized carbons (Fsp3) is 0.688. The van der Waals surface area contributed by atoms with Gasteiger partial charge in [0.2, 0.25) is 5.95 Å². The smallest absolute Gasteiger partial charge is 0.309 e. The van der Waals surface area contributed by atoms with Crippen LogP contribution < -0.4 is 4.90 Å². The van der Waals surface area contributed by atoms with Crippen LogP contribution in [0.3, 0.4) is 0 Å². The third-order valence-corrected chi connectivity index (χ3v) is 4.86. The number of halogens is 1. The molecule has 2 saturated heterocycles. The molecule has 1 aromatic rings. The molecule has 9 heteroatoms. The second-order valence-electron chi connectivity index (χ2n) is 6.58. The molecule has 0 aromatic carbocycles. The average Bonchev–Trinajstić information content (AvgIpc) is 2.79. The SMILES string of the molecule is COCCN1C[C@@H](C(=O)O)CN2CCN(c3ncc(F)cn3)C[C@H]2C1. The van der Waals surface area contributed by atoms with E-state index >= 15 is 0 Å². The van der Waals surface area contributed by atoms with Crippen LogP contribution in [0.15, 0.2) is 12.4 Å². The number of nitrogens with zero attached hydrogens (tertiary/aromatic N) is 5. The van der Waals surface area contributed by atoms with Crippen molar-refractivity contribution in [1.29, 1.82) is 0 Å². The number of anilines is 1. The van der Waals surface area contributed by atoms with E-state index in [2.05, 4.69) is 19.8 Å². The highest BCUT2D eigenvalue weighted by atomic mass is 19.1. The molecule has 3 rings (SSSR count). The maximum atomic E-state index is 13.0. The van der Waals surface area contributed by atoms with Gasteiger partial charge < -0.3 is 14.7 Å². The van der Waals surface area contributed by atoms with Crippen LogP contribution >= 0.6 is 0 Å². The molecule has 0 amide bonds. The molecular weight excluding hydrogens is 329 g/mol. The molecule has 1 aromatic heterocycles. The van der Waals surface area contributed by atoms with Crippen LogP contribution in [0.25, 0.3) is 0 Å². The van der Waals surface area contributed by atoms with Crippen LogP contribution in [0.4, 0.5) is 10.3 Å². The summed E-state index contributed by atoms with van der Waals surface area (Å²) in [7, 11) is 1.65. The lowest BCUT2D eigenvalue weighted by molar-refractivity contribution is -0.142. The molecular formula is C16H24FN5O3. The van der Waals surface area contributed by atoms with E-state index < -0.39 is 17.7 Å². The first-order chi connectivity index (χ1) is 12.1. The predicted octanol–water partition coefficient (Wildman–Crippen LogP) is -0.231. The molecule has 25 heavy (non-hydrogen) atoms. The number of carboxylic acid groups (broad SMARTS) is 1. The van der Waals surface area contributed by atoms with Crippen molar-refractivity contribution in [1.82, 2.24) is 19.8 Å². The third-order valence-electron chi connectivity index (χ3n) is 4.86. The van der Waals surface area contributed by atoms with E-state index in [4.69, 9.17) is 4.74 Å². The number of ether oxygens (including phenoxy) is 1. The first-order valence-corrected chi connectivity index (χ1v) is 8.47. The number of carbonyl (C=O) groups is 1. The summed E-state index contributed by atoms with van der Waals surface area (Å²) in [5.41, 5.74) is 0. The van der Waals surface area contributed by atoms with Crippen LogP contribution in [0.1, 0.15) is 0 Å². The van der Waals surface area contributed by atoms with E-state index in [9.17, 15) is 14.3 Å². The number of rotatable bonds is 5. The number of hydrogen-bond donors (Lipinski definition) is 1. The summed E-state index contributed by atoms with van der Waals surface area (Å²) < 4.78 is 18.2. The first kappa shape index (κ1) is 18.0. The van der Waals surface area contributed by atoms with Crippen LogP contribution in [-0.2, 0) is 9.53 Å². The van der Waals surface area contributed by atoms with E-state index in [0.717, 1.165) is 13.1 Å². The Balaban J connectivity index is 1.72. The van der Waals surface area contributed by atoms with Gasteiger partial charge in [-0.2, -0.15) is 0 Å². The molecule has 8 nitrogen and oxygen atoms in total. The fourth-order valence-corrected chi connectivity index (χ4v) is 3.54. The lowest BCUT2D eigenvalue weighted by Crippen LogP contribution is -2.56. The lowest BCUT2D eigenvalue weighted by Gasteiger charge is -2.41. The zero-order valence-corrected chi connectivity index (χ0v) is 14.3. The number of methoxy groups -OCH3 is 1. The molecule has 0 aliphatic carbocycles. The topological polar surface area (TPSA) is 82.0 Å². The van der Waals surface area contributed by atoms with Crippen LogP contribution in [0.5, 0.6) is 0 Å². The van der Waals surface area contributed by atoms with Gasteiger partial charge in [0, 0.05) is 59.0 Å². The van der Waals surface area contributed by atoms with Crippen molar-refractivity contribution < 1.29 is 19.0 Å². The Labute approximate surface area is 146 Å². The molecule has 0 saturated carbocycles. The van der Waals surface area contributed by atoms with E-state index in [0.29, 0.717) is 45.3 Å². The highest BCUT2D eigenvalue weighted by Gasteiger charge is 2.36. The van der Waals surface area contributed by atoms with Gasteiger partial charge in [-0.25, -0.2) is 14.4 Å². The Morgan fingerprint density at radius 2 is 2.04 bits per heavy atom. The number of piperazine rings is 1. The Morgan fingerprint density at radius 1 is 1.28 bits per heavy atom. The van der Waals surface area contributed by atoms with E-state index in [1.165, 1.54) is 12.4 Å². The number of carboxylic acids is 1. The molecule has 2 aliphatic heterocycles. The second-order valence-corrected chi connectivity index (χ2v) is 6.58. The number of aliphatic carboxylic acids is 1. The minimum atomic E-state index is -0.757. The lowest BCUT2D eigenvalue weighted by atomic mass is 10.1. The minimum absolute atomic E-state index is 0.184. The molecule has 0 spiro atoms. The molecule has 138 valence electrons. The van der Waals surface area contributed by atoms with E-state index in [-0.39, 0.29) is 6.04 Å². The maximum absolute atomic E-state index is 13.0. The highest BCUT2D eigenvalue weighted by Crippen LogP contribution is 2.21. The maximum Gasteiger partial charge on any atom is 0.309 e. The normalized spacial score (nSPS) is 25.4. The van der Waals surface area contributed by atoms with Crippen LogP contribution in [-0.4, -0.2) is 96.4 Å². The Kier molecular flexibility index (Phi) is 5.77. The Hall–Kier alpha value is -1.84. The summed E-state index contributed by atoms with van der Waals surface area (Å²) in [4.78, 5) is 26.1. The summed E-state index contributed by atoms with van der Waals surface area (Å²) in [6.45, 7) is 5.26. The van der Waals surface area contributed by atoms with Gasteiger partial charge in [-0.3, -0.25) is 14.6 Å². The zero-order chi connectivity index (χ0) is 17.8. The molecule has 2 atom stereocenters. The van der Waals surface area contributed by atoms with Crippen molar-refractivity contribution in [2.24, 2.45) is 5.92 Å². The van der Waals surface area contributed by atoms with Gasteiger partial charge >= 0.3 is 5.97 Å². The summed E-state index contributed by atoms with van der Waals surface area (Å²) in [5.74, 6) is -1.10. The van der Waals surface area contributed by atoms with Gasteiger partial charge in [-0.05, 0) is 0 Å². The van der Waals surface area contributed by atoms with Gasteiger partial charge in [0.05, 0.1) is 24.9 Å². The van der Waals surface area contributed by atoms with Gasteiger partial charge in [0.15, 0.2) is 5.82 Å². The minimum Gasteiger partial charge on any atom is -0.481 e. The Bertz CT molecular complexity index is 588. The zero-order valence-electron chi connectivity index (χ0n) is 14.3. The summed E-state index contributed by atoms with van der Waals surface area (Å²) >= 11 is 0. The van der Waals surface area contributed by atoms with Gasteiger partial charge in [0.1, 0.15) is 0 Å². The summed E-state index contributed by atoms with van der Waals surface area (Å²) in [6, 6.07) is 0.184. The quantitative estimate of drug-likeness (QED) is 0.777. The highest BCUT2D eigenvalue weighted by molar-refractivity contribution is 5.70. The summed E-state index contributed by atoms with van der Waals surface area (Å²) in [5, 5.41) is 9.50. The van der Waals surface area contributed by atoms with Crippen molar-refractivity contribution in [3.8, 4) is 0 Å². The van der Waals surface area contributed by atoms with E-state index in [1.54, 1.807) is 7.11 Å². The molecule has 0 bridgehead atoms. The molecule has 0 radical (unpaired) electrons. The van der Waals surface area contributed by atoms with Gasteiger partial charge in [-0.15, -0.1) is 0 Å². The molecule has 2 fully saturated rings. The Morgan fingerprint density at radius 3 is 2.72 bits per heavy atom. The van der Waals surface area contributed by atoms with Crippen LogP contribution in [0, 0.1) is 11.7 Å². The third kappa shape index (κ3) is 4.42. The second kappa shape index (κ2) is 8.03. The van der Waals surface area contributed by atoms with Crippen molar-refractivity contribution >= 4 is 11.9 Å². The molecule has 3 heterocycles. The van der Waals surface area contributed by atoms with Crippen LogP contribution in [0.2, 0.25) is 0 Å². The van der Waals surface area contributed by atoms with Gasteiger partial charge in [0.25, 0.3) is 0 Å². The van der Waals surface area contributed by atoms with Crippen molar-refractivity contribution in [3.63, 3.8) is 0 Å². The average molecular weight is 353 g/mol. The first-order valence-electron chi connectivity index (χ1n) is 8.47. The monoisotopic (exact) mass is 353 g/mol. The van der Waals surface area contributed by atoms with Gasteiger partial charge in [-0.1, -0.05) is 0 Å². The largest absolute Gasteiger partial charge is 0.481 e. The summed E-state index contributed by atoms with van der Waals surface area (Å²) in [6.07, 6.45) is 2.35. The number of hydrogen-bond acceptors (Lipinski definition) is 7. The van der Waals surface area contributed by atoms with Crippen molar-refractivity contribution in [2.45, 2.75) is 6.04 Å². The van der Waals surface area contributed by atoms with E-state index in [1.807, 2.05) is 4.90 Å². The number of fused-ring (bicyclic) bond motifs is 1. The number of aromatic nitrogens is 2. The molecule has 0 unspecified atom stereocenters. The van der Waals surface area contributed by atoms with Crippen molar-refractivity contribution in [2.75, 3.05) is 64.4 Å². The molecule has 2 aliphatic rings.